The first kappa shape index (κ1) is 19.0. The second-order valence-corrected chi connectivity index (χ2v) is 7.52. The number of carbonyl (C=O) groups excluding carboxylic acids is 3. The van der Waals surface area contributed by atoms with Gasteiger partial charge >= 0.3 is 6.03 Å². The van der Waals surface area contributed by atoms with E-state index in [1.165, 1.54) is 0 Å². The van der Waals surface area contributed by atoms with E-state index >= 15 is 0 Å². The van der Waals surface area contributed by atoms with E-state index in [1.54, 1.807) is 24.0 Å². The van der Waals surface area contributed by atoms with E-state index in [-0.39, 0.29) is 12.5 Å². The number of imide groups is 1. The Morgan fingerprint density at radius 3 is 2.14 bits per heavy atom. The first-order chi connectivity index (χ1) is 14.0. The summed E-state index contributed by atoms with van der Waals surface area (Å²) in [6.45, 7) is 4.00. The molecular weight excluding hydrogens is 368 g/mol. The molecule has 150 valence electrons. The van der Waals surface area contributed by atoms with Gasteiger partial charge in [0.05, 0.1) is 0 Å². The highest BCUT2D eigenvalue weighted by atomic mass is 16.2. The van der Waals surface area contributed by atoms with Crippen LogP contribution < -0.4 is 10.2 Å². The molecule has 2 aromatic carbocycles. The molecule has 4 amide bonds. The van der Waals surface area contributed by atoms with Crippen LogP contribution in [0, 0.1) is 0 Å². The zero-order valence-corrected chi connectivity index (χ0v) is 16.4. The van der Waals surface area contributed by atoms with Crippen LogP contribution in [0.5, 0.6) is 0 Å². The minimum atomic E-state index is -1.15. The van der Waals surface area contributed by atoms with Gasteiger partial charge in [-0.2, -0.15) is 0 Å². The lowest BCUT2D eigenvalue weighted by molar-refractivity contribution is -0.139. The number of carbonyl (C=O) groups is 3. The molecule has 4 rings (SSSR count). The van der Waals surface area contributed by atoms with Gasteiger partial charge < -0.3 is 15.1 Å². The standard InChI is InChI=1S/C22H24N4O3/c1-22(17-8-4-2-5-9-17)20(28)26(21(29)23-22)16-19(27)25-14-12-24(13-15-25)18-10-6-3-7-11-18/h2-11H,12-16H2,1H3,(H,23,29)/t22-/m1/s1. The maximum absolute atomic E-state index is 13.0. The fourth-order valence-corrected chi connectivity index (χ4v) is 3.90. The summed E-state index contributed by atoms with van der Waals surface area (Å²) in [6, 6.07) is 18.6. The van der Waals surface area contributed by atoms with Crippen molar-refractivity contribution in [2.45, 2.75) is 12.5 Å². The Balaban J connectivity index is 1.39. The SMILES string of the molecule is C[C@]1(c2ccccc2)NC(=O)N(CC(=O)N2CCN(c3ccccc3)CC2)C1=O. The van der Waals surface area contributed by atoms with E-state index in [0.29, 0.717) is 18.7 Å². The first-order valence-electron chi connectivity index (χ1n) is 9.76. The molecule has 0 aromatic heterocycles. The van der Waals surface area contributed by atoms with E-state index in [4.69, 9.17) is 0 Å². The highest BCUT2D eigenvalue weighted by Gasteiger charge is 2.49. The van der Waals surface area contributed by atoms with Crippen LogP contribution in [0.4, 0.5) is 10.5 Å². The molecule has 0 bridgehead atoms. The molecule has 0 spiro atoms. The van der Waals surface area contributed by atoms with E-state index in [0.717, 1.165) is 23.7 Å². The molecule has 29 heavy (non-hydrogen) atoms. The van der Waals surface area contributed by atoms with Crippen molar-refractivity contribution in [1.82, 2.24) is 15.1 Å². The van der Waals surface area contributed by atoms with Gasteiger partial charge in [0.2, 0.25) is 5.91 Å². The maximum Gasteiger partial charge on any atom is 0.325 e. The number of hydrogen-bond acceptors (Lipinski definition) is 4. The van der Waals surface area contributed by atoms with Gasteiger partial charge in [-0.05, 0) is 24.6 Å². The molecule has 1 atom stereocenters. The second-order valence-electron chi connectivity index (χ2n) is 7.52. The normalized spacial score (nSPS) is 22.0. The number of rotatable bonds is 4. The van der Waals surface area contributed by atoms with Gasteiger partial charge in [-0.25, -0.2) is 4.79 Å². The molecule has 0 radical (unpaired) electrons. The van der Waals surface area contributed by atoms with Crippen molar-refractivity contribution in [1.29, 1.82) is 0 Å². The van der Waals surface area contributed by atoms with Gasteiger partial charge in [-0.1, -0.05) is 48.5 Å². The number of piperazine rings is 1. The van der Waals surface area contributed by atoms with Crippen molar-refractivity contribution < 1.29 is 14.4 Å². The second kappa shape index (κ2) is 7.58. The Hall–Kier alpha value is -3.35. The van der Waals surface area contributed by atoms with E-state index in [1.807, 2.05) is 36.4 Å². The Bertz CT molecular complexity index is 910. The number of nitrogens with one attached hydrogen (secondary N) is 1. The van der Waals surface area contributed by atoms with Crippen LogP contribution in [0.25, 0.3) is 0 Å². The quantitative estimate of drug-likeness (QED) is 0.806. The molecule has 7 nitrogen and oxygen atoms in total. The minimum Gasteiger partial charge on any atom is -0.368 e. The number of urea groups is 1. The number of benzene rings is 2. The predicted molar refractivity (Wildman–Crippen MR) is 109 cm³/mol. The highest BCUT2D eigenvalue weighted by molar-refractivity contribution is 6.09. The summed E-state index contributed by atoms with van der Waals surface area (Å²) in [7, 11) is 0. The molecule has 2 aliphatic heterocycles. The van der Waals surface area contributed by atoms with Crippen molar-refractivity contribution in [2.75, 3.05) is 37.6 Å². The molecule has 0 unspecified atom stereocenters. The van der Waals surface area contributed by atoms with Crippen molar-refractivity contribution in [3.05, 3.63) is 66.2 Å². The Labute approximate surface area is 169 Å². The molecular formula is C22H24N4O3. The monoisotopic (exact) mass is 392 g/mol. The third kappa shape index (κ3) is 3.55. The molecule has 2 saturated heterocycles. The number of hydrogen-bond donors (Lipinski definition) is 1. The highest BCUT2D eigenvalue weighted by Crippen LogP contribution is 2.28. The summed E-state index contributed by atoms with van der Waals surface area (Å²) in [4.78, 5) is 43.1. The molecule has 0 saturated carbocycles. The lowest BCUT2D eigenvalue weighted by Gasteiger charge is -2.36. The number of nitrogens with zero attached hydrogens (tertiary/aromatic N) is 3. The molecule has 2 aliphatic rings. The van der Waals surface area contributed by atoms with Crippen molar-refractivity contribution >= 4 is 23.5 Å². The summed E-state index contributed by atoms with van der Waals surface area (Å²) < 4.78 is 0. The third-order valence-corrected chi connectivity index (χ3v) is 5.67. The number of amides is 4. The predicted octanol–water partition coefficient (Wildman–Crippen LogP) is 1.80. The average molecular weight is 392 g/mol. The fraction of sp³-hybridized carbons (Fsp3) is 0.318. The summed E-state index contributed by atoms with van der Waals surface area (Å²) in [5.74, 6) is -0.608. The molecule has 2 fully saturated rings. The third-order valence-electron chi connectivity index (χ3n) is 5.67. The van der Waals surface area contributed by atoms with Gasteiger partial charge in [-0.3, -0.25) is 14.5 Å². The Morgan fingerprint density at radius 2 is 1.52 bits per heavy atom. The van der Waals surface area contributed by atoms with E-state index in [2.05, 4.69) is 22.3 Å². The smallest absolute Gasteiger partial charge is 0.325 e. The zero-order valence-electron chi connectivity index (χ0n) is 16.4. The van der Waals surface area contributed by atoms with E-state index in [9.17, 15) is 14.4 Å². The fourth-order valence-electron chi connectivity index (χ4n) is 3.90. The van der Waals surface area contributed by atoms with Crippen molar-refractivity contribution in [3.63, 3.8) is 0 Å². The maximum atomic E-state index is 13.0. The van der Waals surface area contributed by atoms with Gasteiger partial charge in [0.1, 0.15) is 12.1 Å². The average Bonchev–Trinajstić information content (AvgIpc) is 2.99. The van der Waals surface area contributed by atoms with Crippen LogP contribution >= 0.6 is 0 Å². The summed E-state index contributed by atoms with van der Waals surface area (Å²) in [6.07, 6.45) is 0. The van der Waals surface area contributed by atoms with Crippen LogP contribution in [0.3, 0.4) is 0 Å². The lowest BCUT2D eigenvalue weighted by Crippen LogP contribution is -2.52. The zero-order chi connectivity index (χ0) is 20.4. The molecule has 2 heterocycles. The first-order valence-corrected chi connectivity index (χ1v) is 9.76. The summed E-state index contributed by atoms with van der Waals surface area (Å²) in [5.41, 5.74) is 0.682. The molecule has 0 aliphatic carbocycles. The lowest BCUT2D eigenvalue weighted by atomic mass is 9.92. The Morgan fingerprint density at radius 1 is 0.931 bits per heavy atom. The van der Waals surface area contributed by atoms with Gasteiger partial charge in [-0.15, -0.1) is 0 Å². The van der Waals surface area contributed by atoms with Gasteiger partial charge in [0.25, 0.3) is 5.91 Å². The van der Waals surface area contributed by atoms with Crippen LogP contribution in [0.2, 0.25) is 0 Å². The van der Waals surface area contributed by atoms with E-state index < -0.39 is 17.5 Å². The summed E-state index contributed by atoms with van der Waals surface area (Å²) >= 11 is 0. The number of anilines is 1. The number of para-hydroxylation sites is 1. The Kier molecular flexibility index (Phi) is 4.96. The molecule has 7 heteroatoms. The van der Waals surface area contributed by atoms with Crippen molar-refractivity contribution in [2.24, 2.45) is 0 Å². The van der Waals surface area contributed by atoms with Gasteiger partial charge in [0, 0.05) is 31.9 Å². The molecule has 1 N–H and O–H groups in total. The van der Waals surface area contributed by atoms with Crippen LogP contribution in [-0.4, -0.2) is 60.4 Å². The minimum absolute atomic E-state index is 0.210. The van der Waals surface area contributed by atoms with Crippen molar-refractivity contribution in [3.8, 4) is 0 Å². The largest absolute Gasteiger partial charge is 0.368 e. The summed E-state index contributed by atoms with van der Waals surface area (Å²) in [5, 5.41) is 2.74. The molecule has 2 aromatic rings. The topological polar surface area (TPSA) is 73.0 Å². The van der Waals surface area contributed by atoms with Crippen LogP contribution in [0.15, 0.2) is 60.7 Å². The van der Waals surface area contributed by atoms with Crippen LogP contribution in [0.1, 0.15) is 12.5 Å². The van der Waals surface area contributed by atoms with Crippen LogP contribution in [-0.2, 0) is 15.1 Å². The van der Waals surface area contributed by atoms with Gasteiger partial charge in [0.15, 0.2) is 0 Å².